The molecule has 1 aliphatic rings. The summed E-state index contributed by atoms with van der Waals surface area (Å²) in [5.41, 5.74) is 2.10. The Hall–Kier alpha value is -1.34. The summed E-state index contributed by atoms with van der Waals surface area (Å²) in [4.78, 5) is 24.3. The highest BCUT2D eigenvalue weighted by atomic mass is 79.9. The first kappa shape index (κ1) is 17.5. The van der Waals surface area contributed by atoms with Crippen LogP contribution < -0.4 is 0 Å². The second-order valence-electron chi connectivity index (χ2n) is 6.02. The van der Waals surface area contributed by atoms with Crippen molar-refractivity contribution in [2.45, 2.75) is 44.6 Å². The van der Waals surface area contributed by atoms with Crippen molar-refractivity contribution in [2.24, 2.45) is 0 Å². The highest BCUT2D eigenvalue weighted by Gasteiger charge is 2.28. The van der Waals surface area contributed by atoms with E-state index in [0.717, 1.165) is 27.7 Å². The number of carbonyl (C=O) groups is 2. The third-order valence-corrected chi connectivity index (χ3v) is 6.61. The van der Waals surface area contributed by atoms with Crippen LogP contribution in [0.4, 0.5) is 0 Å². The average Bonchev–Trinajstić information content (AvgIpc) is 3.13. The number of fused-ring (bicyclic) bond motifs is 1. The molecule has 0 unspecified atom stereocenters. The second-order valence-corrected chi connectivity index (χ2v) is 7.82. The van der Waals surface area contributed by atoms with E-state index in [0.29, 0.717) is 10.8 Å². The molecule has 0 aliphatic heterocycles. The summed E-state index contributed by atoms with van der Waals surface area (Å²) < 4.78 is 13.6. The molecule has 0 aromatic carbocycles. The first-order valence-electron chi connectivity index (χ1n) is 8.03. The molecule has 0 atom stereocenters. The third-order valence-electron chi connectivity index (χ3n) is 4.62. The number of ether oxygens (including phenoxy) is 2. The molecule has 5 nitrogen and oxygen atoms in total. The van der Waals surface area contributed by atoms with Gasteiger partial charge in [-0.3, -0.25) is 4.79 Å². The summed E-state index contributed by atoms with van der Waals surface area (Å²) in [5.74, 6) is -0.196. The van der Waals surface area contributed by atoms with Crippen LogP contribution in [-0.4, -0.2) is 30.7 Å². The summed E-state index contributed by atoms with van der Waals surface area (Å²) in [7, 11) is 2.76. The van der Waals surface area contributed by atoms with Crippen LogP contribution in [0.5, 0.6) is 0 Å². The van der Waals surface area contributed by atoms with Gasteiger partial charge in [0.15, 0.2) is 0 Å². The van der Waals surface area contributed by atoms with E-state index in [1.807, 2.05) is 10.6 Å². The minimum atomic E-state index is -0.341. The number of thiophene rings is 1. The lowest BCUT2D eigenvalue weighted by molar-refractivity contribution is -0.141. The van der Waals surface area contributed by atoms with E-state index in [1.165, 1.54) is 50.4 Å². The molecular weight excluding hydrogens is 394 g/mol. The zero-order valence-electron chi connectivity index (χ0n) is 13.8. The predicted octanol–water partition coefficient (Wildman–Crippen LogP) is 4.47. The molecule has 0 amide bonds. The lowest BCUT2D eigenvalue weighted by Gasteiger charge is -2.21. The highest BCUT2D eigenvalue weighted by molar-refractivity contribution is 9.10. The molecule has 2 aromatic rings. The summed E-state index contributed by atoms with van der Waals surface area (Å²) in [5, 5.41) is 0. The van der Waals surface area contributed by atoms with Gasteiger partial charge in [0.1, 0.15) is 11.4 Å². The minimum absolute atomic E-state index is 0.123. The summed E-state index contributed by atoms with van der Waals surface area (Å²) in [6, 6.07) is 1.81. The molecule has 0 saturated heterocycles. The lowest BCUT2D eigenvalue weighted by atomic mass is 9.85. The van der Waals surface area contributed by atoms with Crippen molar-refractivity contribution in [3.05, 3.63) is 21.1 Å². The van der Waals surface area contributed by atoms with Crippen LogP contribution in [0.1, 0.15) is 53.3 Å². The van der Waals surface area contributed by atoms with Gasteiger partial charge in [-0.05, 0) is 40.8 Å². The molecule has 0 N–H and O–H groups in total. The number of hydrogen-bond acceptors (Lipinski definition) is 5. The van der Waals surface area contributed by atoms with E-state index in [-0.39, 0.29) is 18.5 Å². The molecule has 1 aliphatic carbocycles. The maximum atomic E-state index is 11.9. The van der Waals surface area contributed by atoms with Gasteiger partial charge in [0.05, 0.1) is 29.0 Å². The Morgan fingerprint density at radius 2 is 1.96 bits per heavy atom. The second kappa shape index (κ2) is 7.27. The molecular formula is C17H20BrNO4S. The fraction of sp³-hybridized carbons (Fsp3) is 0.529. The number of rotatable bonds is 4. The number of halogens is 1. The third kappa shape index (κ3) is 3.11. The number of aromatic nitrogens is 1. The standard InChI is InChI=1S/C17H20BrNO4S/c1-22-13(20)9-19-11-8-12(17(21)23-2)24-15(11)14(16(19)18)10-6-4-3-5-7-10/h8,10H,3-7,9H2,1-2H3. The van der Waals surface area contributed by atoms with Crippen molar-refractivity contribution in [2.75, 3.05) is 14.2 Å². The Bertz CT molecular complexity index is 773. The van der Waals surface area contributed by atoms with Gasteiger partial charge in [0.2, 0.25) is 0 Å². The van der Waals surface area contributed by atoms with E-state index in [2.05, 4.69) is 15.9 Å². The van der Waals surface area contributed by atoms with Gasteiger partial charge in [0.25, 0.3) is 0 Å². The maximum absolute atomic E-state index is 11.9. The number of carbonyl (C=O) groups excluding carboxylic acids is 2. The van der Waals surface area contributed by atoms with Crippen LogP contribution in [0.2, 0.25) is 0 Å². The van der Waals surface area contributed by atoms with Gasteiger partial charge in [-0.15, -0.1) is 11.3 Å². The van der Waals surface area contributed by atoms with Crippen LogP contribution >= 0.6 is 27.3 Å². The monoisotopic (exact) mass is 413 g/mol. The van der Waals surface area contributed by atoms with E-state index >= 15 is 0 Å². The quantitative estimate of drug-likeness (QED) is 0.693. The van der Waals surface area contributed by atoms with E-state index in [1.54, 1.807) is 0 Å². The first-order chi connectivity index (χ1) is 11.6. The Kier molecular flexibility index (Phi) is 5.30. The van der Waals surface area contributed by atoms with Crippen LogP contribution in [0.25, 0.3) is 10.2 Å². The summed E-state index contributed by atoms with van der Waals surface area (Å²) in [6.07, 6.45) is 5.99. The molecule has 2 heterocycles. The Balaban J connectivity index is 2.13. The van der Waals surface area contributed by atoms with Crippen LogP contribution in [0.3, 0.4) is 0 Å². The SMILES string of the molecule is COC(=O)Cn1c(Br)c(C2CCCCC2)c2sc(C(=O)OC)cc21. The molecule has 1 saturated carbocycles. The van der Waals surface area contributed by atoms with Gasteiger partial charge in [-0.25, -0.2) is 4.79 Å². The maximum Gasteiger partial charge on any atom is 0.348 e. The molecule has 7 heteroatoms. The fourth-order valence-corrected chi connectivity index (χ4v) is 5.59. The molecule has 3 rings (SSSR count). The van der Waals surface area contributed by atoms with Gasteiger partial charge in [-0.1, -0.05) is 19.3 Å². The van der Waals surface area contributed by atoms with Crippen molar-refractivity contribution in [3.8, 4) is 0 Å². The Morgan fingerprint density at radius 1 is 1.25 bits per heavy atom. The normalized spacial score (nSPS) is 15.6. The molecule has 1 fully saturated rings. The molecule has 24 heavy (non-hydrogen) atoms. The highest BCUT2D eigenvalue weighted by Crippen LogP contribution is 2.45. The number of methoxy groups -OCH3 is 2. The largest absolute Gasteiger partial charge is 0.468 e. The summed E-state index contributed by atoms with van der Waals surface area (Å²) in [6.45, 7) is 0.123. The molecule has 0 spiro atoms. The van der Waals surface area contributed by atoms with Crippen molar-refractivity contribution < 1.29 is 19.1 Å². The fourth-order valence-electron chi connectivity index (χ4n) is 3.41. The van der Waals surface area contributed by atoms with Crippen molar-refractivity contribution in [3.63, 3.8) is 0 Å². The Labute approximate surface area is 153 Å². The van der Waals surface area contributed by atoms with E-state index in [9.17, 15) is 9.59 Å². The molecule has 2 aromatic heterocycles. The summed E-state index contributed by atoms with van der Waals surface area (Å²) >= 11 is 5.13. The topological polar surface area (TPSA) is 57.5 Å². The smallest absolute Gasteiger partial charge is 0.348 e. The zero-order chi connectivity index (χ0) is 17.3. The molecule has 130 valence electrons. The number of hydrogen-bond donors (Lipinski definition) is 0. The number of esters is 2. The lowest BCUT2D eigenvalue weighted by Crippen LogP contribution is -2.12. The number of nitrogens with zero attached hydrogens (tertiary/aromatic N) is 1. The first-order valence-corrected chi connectivity index (χ1v) is 9.64. The predicted molar refractivity (Wildman–Crippen MR) is 96.7 cm³/mol. The van der Waals surface area contributed by atoms with E-state index < -0.39 is 0 Å². The van der Waals surface area contributed by atoms with E-state index in [4.69, 9.17) is 9.47 Å². The van der Waals surface area contributed by atoms with Crippen LogP contribution in [0, 0.1) is 0 Å². The van der Waals surface area contributed by atoms with Crippen molar-refractivity contribution >= 4 is 49.4 Å². The van der Waals surface area contributed by atoms with Gasteiger partial charge < -0.3 is 14.0 Å². The van der Waals surface area contributed by atoms with Gasteiger partial charge >= 0.3 is 11.9 Å². The zero-order valence-corrected chi connectivity index (χ0v) is 16.2. The van der Waals surface area contributed by atoms with Crippen molar-refractivity contribution in [1.82, 2.24) is 4.57 Å². The molecule has 0 bridgehead atoms. The van der Waals surface area contributed by atoms with Crippen molar-refractivity contribution in [1.29, 1.82) is 0 Å². The average molecular weight is 414 g/mol. The van der Waals surface area contributed by atoms with Crippen LogP contribution in [0.15, 0.2) is 10.7 Å². The van der Waals surface area contributed by atoms with Gasteiger partial charge in [0, 0.05) is 5.56 Å². The van der Waals surface area contributed by atoms with Gasteiger partial charge in [-0.2, -0.15) is 0 Å². The molecule has 0 radical (unpaired) electrons. The van der Waals surface area contributed by atoms with Crippen LogP contribution in [-0.2, 0) is 20.8 Å². The minimum Gasteiger partial charge on any atom is -0.468 e. The Morgan fingerprint density at radius 3 is 2.58 bits per heavy atom.